The number of anilines is 1. The highest BCUT2D eigenvalue weighted by atomic mass is 19.4. The molecule has 1 saturated heterocycles. The maximum absolute atomic E-state index is 13.6. The number of rotatable bonds is 3. The lowest BCUT2D eigenvalue weighted by Gasteiger charge is -2.38. The fraction of sp³-hybridized carbons (Fsp3) is 0.304. The van der Waals surface area contributed by atoms with Crippen molar-refractivity contribution in [1.82, 2.24) is 24.9 Å². The van der Waals surface area contributed by atoms with Crippen molar-refractivity contribution < 1.29 is 26.3 Å². The first-order valence-electron chi connectivity index (χ1n) is 11.0. The molecule has 1 fully saturated rings. The minimum Gasteiger partial charge on any atom is -0.346 e. The van der Waals surface area contributed by atoms with Gasteiger partial charge in [0, 0.05) is 42.2 Å². The Hall–Kier alpha value is -3.90. The molecule has 0 bridgehead atoms. The number of alkyl halides is 6. The number of H-pyrrole nitrogens is 2. The molecule has 0 amide bonds. The van der Waals surface area contributed by atoms with Gasteiger partial charge in [-0.15, -0.1) is 0 Å². The van der Waals surface area contributed by atoms with Crippen LogP contribution in [0.4, 0.5) is 32.2 Å². The summed E-state index contributed by atoms with van der Waals surface area (Å²) in [7, 11) is 0. The molecule has 1 aliphatic rings. The second-order valence-corrected chi connectivity index (χ2v) is 8.46. The van der Waals surface area contributed by atoms with E-state index in [0.29, 0.717) is 40.7 Å². The van der Waals surface area contributed by atoms with Crippen LogP contribution in [0.1, 0.15) is 25.1 Å². The zero-order chi connectivity index (χ0) is 25.7. The largest absolute Gasteiger partial charge is 0.451 e. The van der Waals surface area contributed by atoms with Gasteiger partial charge in [-0.25, -0.2) is 15.0 Å². The number of aromatic nitrogens is 5. The van der Waals surface area contributed by atoms with Gasteiger partial charge in [-0.05, 0) is 48.6 Å². The first-order chi connectivity index (χ1) is 17.0. The summed E-state index contributed by atoms with van der Waals surface area (Å²) in [6.45, 7) is 0.150. The molecule has 0 aliphatic carbocycles. The molecule has 0 spiro atoms. The zero-order valence-electron chi connectivity index (χ0n) is 18.4. The third-order valence-corrected chi connectivity index (χ3v) is 6.08. The van der Waals surface area contributed by atoms with E-state index in [-0.39, 0.29) is 24.3 Å². The number of hydrogen-bond acceptors (Lipinski definition) is 5. The summed E-state index contributed by atoms with van der Waals surface area (Å²) in [5.41, 5.74) is 1.36. The predicted octanol–water partition coefficient (Wildman–Crippen LogP) is 5.32. The first kappa shape index (κ1) is 23.8. The molecule has 5 heterocycles. The SMILES string of the molecule is O=c1cc(-c2ccnc3[nH]c(-c4cnc(C(F)(F)F)nc4)cc23)cc(N2CCCCC2C(F)(F)F)[nH]1. The maximum Gasteiger partial charge on any atom is 0.451 e. The third kappa shape index (κ3) is 4.52. The first-order valence-corrected chi connectivity index (χ1v) is 11.0. The molecule has 1 atom stereocenters. The molecular formula is C23H18F6N6O. The summed E-state index contributed by atoms with van der Waals surface area (Å²) >= 11 is 0. The van der Waals surface area contributed by atoms with Crippen molar-refractivity contribution in [2.75, 3.05) is 11.4 Å². The molecule has 13 heteroatoms. The Labute approximate surface area is 199 Å². The Morgan fingerprint density at radius 2 is 1.67 bits per heavy atom. The number of aromatic amines is 2. The van der Waals surface area contributed by atoms with Crippen molar-refractivity contribution in [3.05, 3.63) is 59.0 Å². The molecule has 1 unspecified atom stereocenters. The molecule has 0 aromatic carbocycles. The Morgan fingerprint density at radius 3 is 2.36 bits per heavy atom. The summed E-state index contributed by atoms with van der Waals surface area (Å²) in [5, 5.41) is 0.523. The van der Waals surface area contributed by atoms with Crippen LogP contribution in [-0.2, 0) is 6.18 Å². The summed E-state index contributed by atoms with van der Waals surface area (Å²) in [6, 6.07) is 4.30. The normalized spacial score (nSPS) is 17.1. The summed E-state index contributed by atoms with van der Waals surface area (Å²) in [6.07, 6.45) is -4.67. The Morgan fingerprint density at radius 1 is 0.917 bits per heavy atom. The van der Waals surface area contributed by atoms with E-state index in [2.05, 4.69) is 24.9 Å². The van der Waals surface area contributed by atoms with Crippen LogP contribution in [-0.4, -0.2) is 43.7 Å². The standard InChI is InChI=1S/C23H18F6N6O/c24-22(25,26)17-3-1-2-6-35(17)18-7-12(8-19(36)34-18)14-4-5-30-20-15(14)9-16(33-20)13-10-31-21(32-11-13)23(27,28)29/h4-5,7-11,17H,1-3,6H2,(H,30,33)(H,34,36). The molecule has 5 rings (SSSR count). The van der Waals surface area contributed by atoms with Crippen LogP contribution in [0, 0.1) is 0 Å². The molecule has 4 aromatic rings. The molecule has 1 aliphatic heterocycles. The topological polar surface area (TPSA) is 90.6 Å². The number of nitrogens with one attached hydrogen (secondary N) is 2. The molecule has 36 heavy (non-hydrogen) atoms. The van der Waals surface area contributed by atoms with Crippen LogP contribution in [0.5, 0.6) is 0 Å². The van der Waals surface area contributed by atoms with E-state index in [4.69, 9.17) is 0 Å². The summed E-state index contributed by atoms with van der Waals surface area (Å²) < 4.78 is 79.3. The lowest BCUT2D eigenvalue weighted by molar-refractivity contribution is -0.152. The lowest BCUT2D eigenvalue weighted by Crippen LogP contribution is -2.49. The van der Waals surface area contributed by atoms with Crippen molar-refractivity contribution >= 4 is 16.9 Å². The van der Waals surface area contributed by atoms with E-state index >= 15 is 0 Å². The van der Waals surface area contributed by atoms with E-state index in [1.54, 1.807) is 12.1 Å². The highest BCUT2D eigenvalue weighted by Gasteiger charge is 2.45. The smallest absolute Gasteiger partial charge is 0.346 e. The van der Waals surface area contributed by atoms with Crippen LogP contribution < -0.4 is 10.5 Å². The van der Waals surface area contributed by atoms with Gasteiger partial charge in [-0.2, -0.15) is 26.3 Å². The fourth-order valence-electron chi connectivity index (χ4n) is 4.45. The van der Waals surface area contributed by atoms with E-state index < -0.39 is 29.8 Å². The second-order valence-electron chi connectivity index (χ2n) is 8.46. The monoisotopic (exact) mass is 508 g/mol. The lowest BCUT2D eigenvalue weighted by atomic mass is 10.0. The number of halogens is 6. The average molecular weight is 508 g/mol. The van der Waals surface area contributed by atoms with Crippen LogP contribution in [0.2, 0.25) is 0 Å². The van der Waals surface area contributed by atoms with E-state index in [9.17, 15) is 31.1 Å². The van der Waals surface area contributed by atoms with Gasteiger partial charge in [0.05, 0.1) is 5.69 Å². The van der Waals surface area contributed by atoms with Gasteiger partial charge < -0.3 is 14.9 Å². The molecule has 0 saturated carbocycles. The molecule has 4 aromatic heterocycles. The van der Waals surface area contributed by atoms with E-state index in [0.717, 1.165) is 12.4 Å². The molecule has 188 valence electrons. The number of nitrogens with zero attached hydrogens (tertiary/aromatic N) is 4. The van der Waals surface area contributed by atoms with Gasteiger partial charge in [0.25, 0.3) is 0 Å². The van der Waals surface area contributed by atoms with Gasteiger partial charge in [0.1, 0.15) is 17.5 Å². The van der Waals surface area contributed by atoms with Crippen LogP contribution >= 0.6 is 0 Å². The third-order valence-electron chi connectivity index (χ3n) is 6.08. The highest BCUT2D eigenvalue weighted by Crippen LogP contribution is 2.36. The number of hydrogen-bond donors (Lipinski definition) is 2. The fourth-order valence-corrected chi connectivity index (χ4v) is 4.45. The van der Waals surface area contributed by atoms with Crippen molar-refractivity contribution in [2.45, 2.75) is 37.7 Å². The maximum atomic E-state index is 13.6. The summed E-state index contributed by atoms with van der Waals surface area (Å²) in [5.74, 6) is -1.21. The Bertz CT molecular complexity index is 1460. The van der Waals surface area contributed by atoms with Crippen LogP contribution in [0.3, 0.4) is 0 Å². The Kier molecular flexibility index (Phi) is 5.72. The quantitative estimate of drug-likeness (QED) is 0.366. The van der Waals surface area contributed by atoms with E-state index in [1.807, 2.05) is 0 Å². The molecule has 0 radical (unpaired) electrons. The highest BCUT2D eigenvalue weighted by molar-refractivity contribution is 5.96. The van der Waals surface area contributed by atoms with Gasteiger partial charge in [0.15, 0.2) is 0 Å². The van der Waals surface area contributed by atoms with Gasteiger partial charge in [-0.3, -0.25) is 4.79 Å². The molecule has 7 nitrogen and oxygen atoms in total. The van der Waals surface area contributed by atoms with Crippen LogP contribution in [0.25, 0.3) is 33.4 Å². The van der Waals surface area contributed by atoms with Gasteiger partial charge in [0.2, 0.25) is 11.4 Å². The zero-order valence-corrected chi connectivity index (χ0v) is 18.4. The van der Waals surface area contributed by atoms with E-state index in [1.165, 1.54) is 23.2 Å². The van der Waals surface area contributed by atoms with Gasteiger partial charge in [-0.1, -0.05) is 0 Å². The molecular weight excluding hydrogens is 490 g/mol. The molecule has 2 N–H and O–H groups in total. The number of pyridine rings is 2. The number of piperidine rings is 1. The predicted molar refractivity (Wildman–Crippen MR) is 119 cm³/mol. The van der Waals surface area contributed by atoms with Crippen LogP contribution in [0.15, 0.2) is 47.7 Å². The summed E-state index contributed by atoms with van der Waals surface area (Å²) in [4.78, 5) is 30.1. The average Bonchev–Trinajstić information content (AvgIpc) is 3.27. The second kappa shape index (κ2) is 8.64. The van der Waals surface area contributed by atoms with Crippen molar-refractivity contribution in [3.63, 3.8) is 0 Å². The van der Waals surface area contributed by atoms with Crippen molar-refractivity contribution in [3.8, 4) is 22.4 Å². The minimum absolute atomic E-state index is 0.0639. The van der Waals surface area contributed by atoms with Crippen molar-refractivity contribution in [1.29, 1.82) is 0 Å². The number of fused-ring (bicyclic) bond motifs is 1. The minimum atomic E-state index is -4.68. The van der Waals surface area contributed by atoms with Crippen molar-refractivity contribution in [2.24, 2.45) is 0 Å². The Balaban J connectivity index is 1.56. The van der Waals surface area contributed by atoms with Gasteiger partial charge >= 0.3 is 12.4 Å².